The Labute approximate surface area is 95.8 Å². The van der Waals surface area contributed by atoms with Crippen LogP contribution in [-0.4, -0.2) is 16.9 Å². The molecule has 1 aromatic carbocycles. The van der Waals surface area contributed by atoms with Gasteiger partial charge in [0, 0.05) is 10.5 Å². The Bertz CT molecular complexity index is 464. The van der Waals surface area contributed by atoms with Crippen LogP contribution < -0.4 is 10.5 Å². The van der Waals surface area contributed by atoms with Crippen LogP contribution in [0.15, 0.2) is 34.8 Å². The fraction of sp³-hybridized carbons (Fsp3) is 0.100. The highest BCUT2D eigenvalue weighted by Crippen LogP contribution is 2.21. The second-order valence-corrected chi connectivity index (χ2v) is 3.92. The molecule has 0 saturated heterocycles. The molecule has 4 nitrogen and oxygen atoms in total. The molecule has 0 amide bonds. The van der Waals surface area contributed by atoms with E-state index in [1.54, 1.807) is 17.9 Å². The number of nitrogen functional groups attached to an aromatic ring is 1. The molecule has 1 heterocycles. The van der Waals surface area contributed by atoms with Gasteiger partial charge in [-0.05, 0) is 24.3 Å². The molecule has 0 unspecified atom stereocenters. The van der Waals surface area contributed by atoms with Crippen molar-refractivity contribution in [1.29, 1.82) is 0 Å². The van der Waals surface area contributed by atoms with Crippen LogP contribution in [0.4, 0.5) is 5.82 Å². The van der Waals surface area contributed by atoms with Gasteiger partial charge in [0.2, 0.25) is 5.88 Å². The lowest BCUT2D eigenvalue weighted by Crippen LogP contribution is -1.99. The van der Waals surface area contributed by atoms with Crippen molar-refractivity contribution in [3.8, 4) is 11.6 Å². The predicted molar refractivity (Wildman–Crippen MR) is 62.2 cm³/mol. The zero-order valence-corrected chi connectivity index (χ0v) is 9.73. The fourth-order valence-corrected chi connectivity index (χ4v) is 1.56. The molecule has 0 atom stereocenters. The van der Waals surface area contributed by atoms with Crippen molar-refractivity contribution in [2.45, 2.75) is 0 Å². The molecule has 0 spiro atoms. The first-order chi connectivity index (χ1) is 7.20. The summed E-state index contributed by atoms with van der Waals surface area (Å²) in [6, 6.07) is 9.42. The van der Waals surface area contributed by atoms with E-state index in [1.807, 2.05) is 24.3 Å². The van der Waals surface area contributed by atoms with Gasteiger partial charge in [-0.2, -0.15) is 4.68 Å². The molecule has 2 aromatic rings. The molecule has 78 valence electrons. The number of nitrogens with zero attached hydrogens (tertiary/aromatic N) is 2. The van der Waals surface area contributed by atoms with Crippen LogP contribution in [0, 0.1) is 0 Å². The van der Waals surface area contributed by atoms with Crippen molar-refractivity contribution in [1.82, 2.24) is 9.78 Å². The zero-order valence-electron chi connectivity index (χ0n) is 8.14. The summed E-state index contributed by atoms with van der Waals surface area (Å²) in [6.07, 6.45) is 0. The molecule has 0 fully saturated rings. The van der Waals surface area contributed by atoms with Crippen LogP contribution in [0.25, 0.3) is 5.69 Å². The van der Waals surface area contributed by atoms with E-state index in [-0.39, 0.29) is 0 Å². The first-order valence-corrected chi connectivity index (χ1v) is 5.15. The summed E-state index contributed by atoms with van der Waals surface area (Å²) in [5.41, 5.74) is 6.51. The lowest BCUT2D eigenvalue weighted by Gasteiger charge is -2.05. The number of benzene rings is 1. The van der Waals surface area contributed by atoms with Crippen LogP contribution in [0.2, 0.25) is 0 Å². The minimum atomic E-state index is 0.440. The van der Waals surface area contributed by atoms with Gasteiger partial charge < -0.3 is 10.5 Å². The Kier molecular flexibility index (Phi) is 2.64. The standard InChI is InChI=1S/C10H10BrN3O/c1-15-10-6-9(12)13-14(10)8-4-2-7(11)3-5-8/h2-6H,1H3,(H2,12,13). The first kappa shape index (κ1) is 10.0. The van der Waals surface area contributed by atoms with E-state index in [0.717, 1.165) is 10.2 Å². The molecule has 15 heavy (non-hydrogen) atoms. The van der Waals surface area contributed by atoms with Crippen LogP contribution in [-0.2, 0) is 0 Å². The van der Waals surface area contributed by atoms with Gasteiger partial charge in [-0.25, -0.2) is 0 Å². The molecule has 0 bridgehead atoms. The second-order valence-electron chi connectivity index (χ2n) is 3.00. The number of hydrogen-bond acceptors (Lipinski definition) is 3. The van der Waals surface area contributed by atoms with E-state index in [2.05, 4.69) is 21.0 Å². The smallest absolute Gasteiger partial charge is 0.218 e. The Morgan fingerprint density at radius 3 is 2.60 bits per heavy atom. The minimum Gasteiger partial charge on any atom is -0.481 e. The maximum Gasteiger partial charge on any atom is 0.218 e. The highest BCUT2D eigenvalue weighted by atomic mass is 79.9. The highest BCUT2D eigenvalue weighted by molar-refractivity contribution is 9.10. The van der Waals surface area contributed by atoms with Crippen molar-refractivity contribution >= 4 is 21.7 Å². The van der Waals surface area contributed by atoms with Gasteiger partial charge in [0.05, 0.1) is 12.8 Å². The minimum absolute atomic E-state index is 0.440. The van der Waals surface area contributed by atoms with Gasteiger partial charge in [0.15, 0.2) is 0 Å². The van der Waals surface area contributed by atoms with Gasteiger partial charge in [-0.1, -0.05) is 15.9 Å². The number of anilines is 1. The van der Waals surface area contributed by atoms with E-state index in [1.165, 1.54) is 0 Å². The quantitative estimate of drug-likeness (QED) is 0.908. The summed E-state index contributed by atoms with van der Waals surface area (Å²) in [7, 11) is 1.59. The predicted octanol–water partition coefficient (Wildman–Crippen LogP) is 2.23. The molecule has 0 aliphatic heterocycles. The molecule has 0 aliphatic carbocycles. The summed E-state index contributed by atoms with van der Waals surface area (Å²) in [6.45, 7) is 0. The summed E-state index contributed by atoms with van der Waals surface area (Å²) in [4.78, 5) is 0. The van der Waals surface area contributed by atoms with Crippen molar-refractivity contribution in [2.75, 3.05) is 12.8 Å². The summed E-state index contributed by atoms with van der Waals surface area (Å²) in [5, 5.41) is 4.14. The number of hydrogen-bond donors (Lipinski definition) is 1. The molecule has 1 aromatic heterocycles. The maximum absolute atomic E-state index is 5.60. The van der Waals surface area contributed by atoms with Gasteiger partial charge in [0.25, 0.3) is 0 Å². The topological polar surface area (TPSA) is 53.1 Å². The van der Waals surface area contributed by atoms with Gasteiger partial charge in [-0.3, -0.25) is 0 Å². The van der Waals surface area contributed by atoms with E-state index in [9.17, 15) is 0 Å². The van der Waals surface area contributed by atoms with E-state index in [4.69, 9.17) is 10.5 Å². The third-order valence-electron chi connectivity index (χ3n) is 1.98. The average molecular weight is 268 g/mol. The highest BCUT2D eigenvalue weighted by Gasteiger charge is 2.07. The number of halogens is 1. The van der Waals surface area contributed by atoms with Crippen LogP contribution in [0.3, 0.4) is 0 Å². The van der Waals surface area contributed by atoms with Crippen molar-refractivity contribution < 1.29 is 4.74 Å². The van der Waals surface area contributed by atoms with Crippen LogP contribution in [0.5, 0.6) is 5.88 Å². The monoisotopic (exact) mass is 267 g/mol. The molecule has 5 heteroatoms. The third kappa shape index (κ3) is 1.97. The van der Waals surface area contributed by atoms with Gasteiger partial charge >= 0.3 is 0 Å². The molecule has 0 saturated carbocycles. The van der Waals surface area contributed by atoms with Crippen LogP contribution in [0.1, 0.15) is 0 Å². The van der Waals surface area contributed by atoms with E-state index >= 15 is 0 Å². The third-order valence-corrected chi connectivity index (χ3v) is 2.50. The Morgan fingerprint density at radius 2 is 2.00 bits per heavy atom. The SMILES string of the molecule is COc1cc(N)nn1-c1ccc(Br)cc1. The summed E-state index contributed by atoms with van der Waals surface area (Å²) >= 11 is 3.37. The number of methoxy groups -OCH3 is 1. The van der Waals surface area contributed by atoms with Crippen molar-refractivity contribution in [3.05, 3.63) is 34.8 Å². The number of rotatable bonds is 2. The Hall–Kier alpha value is -1.49. The molecular weight excluding hydrogens is 258 g/mol. The van der Waals surface area contributed by atoms with Gasteiger partial charge in [0.1, 0.15) is 5.82 Å². The normalized spacial score (nSPS) is 10.3. The summed E-state index contributed by atoms with van der Waals surface area (Å²) < 4.78 is 7.83. The Morgan fingerprint density at radius 1 is 1.33 bits per heavy atom. The molecular formula is C10H10BrN3O. The first-order valence-electron chi connectivity index (χ1n) is 4.36. The van der Waals surface area contributed by atoms with Crippen molar-refractivity contribution in [3.63, 3.8) is 0 Å². The van der Waals surface area contributed by atoms with E-state index in [0.29, 0.717) is 11.7 Å². The summed E-state index contributed by atoms with van der Waals surface area (Å²) in [5.74, 6) is 1.06. The largest absolute Gasteiger partial charge is 0.481 e. The number of nitrogens with two attached hydrogens (primary N) is 1. The number of aromatic nitrogens is 2. The molecule has 2 N–H and O–H groups in total. The molecule has 0 aliphatic rings. The zero-order chi connectivity index (χ0) is 10.8. The lowest BCUT2D eigenvalue weighted by atomic mass is 10.3. The molecule has 0 radical (unpaired) electrons. The number of ether oxygens (including phenoxy) is 1. The lowest BCUT2D eigenvalue weighted by molar-refractivity contribution is 0.383. The van der Waals surface area contributed by atoms with Crippen LogP contribution >= 0.6 is 15.9 Å². The van der Waals surface area contributed by atoms with Crippen molar-refractivity contribution in [2.24, 2.45) is 0 Å². The fourth-order valence-electron chi connectivity index (χ4n) is 1.29. The second kappa shape index (κ2) is 3.94. The average Bonchev–Trinajstić information content (AvgIpc) is 2.61. The van der Waals surface area contributed by atoms with E-state index < -0.39 is 0 Å². The van der Waals surface area contributed by atoms with Gasteiger partial charge in [-0.15, -0.1) is 5.10 Å². The Balaban J connectivity index is 2.48. The molecule has 2 rings (SSSR count). The maximum atomic E-state index is 5.60.